The third kappa shape index (κ3) is 4.45. The number of hydrogen-bond acceptors (Lipinski definition) is 3. The molecule has 0 saturated heterocycles. The number of carbonyl (C=O) groups is 1. The van der Waals surface area contributed by atoms with Gasteiger partial charge in [0.15, 0.2) is 0 Å². The van der Waals surface area contributed by atoms with E-state index in [4.69, 9.17) is 10.9 Å². The number of benzene rings is 1. The molecular formula is C13H19N3O2. The molecular weight excluding hydrogens is 230 g/mol. The summed E-state index contributed by atoms with van der Waals surface area (Å²) in [6.45, 7) is 4.42. The highest BCUT2D eigenvalue weighted by Gasteiger charge is 2.05. The van der Waals surface area contributed by atoms with Gasteiger partial charge >= 0.3 is 0 Å². The van der Waals surface area contributed by atoms with Crippen LogP contribution < -0.4 is 11.1 Å². The first kappa shape index (κ1) is 14.0. The quantitative estimate of drug-likeness (QED) is 0.243. The lowest BCUT2D eigenvalue weighted by Gasteiger charge is -2.06. The molecule has 1 aromatic carbocycles. The largest absolute Gasteiger partial charge is 0.409 e. The van der Waals surface area contributed by atoms with Gasteiger partial charge in [-0.15, -0.1) is 0 Å². The van der Waals surface area contributed by atoms with Crippen molar-refractivity contribution in [3.63, 3.8) is 0 Å². The van der Waals surface area contributed by atoms with Crippen LogP contribution in [0.25, 0.3) is 0 Å². The highest BCUT2D eigenvalue weighted by atomic mass is 16.4. The van der Waals surface area contributed by atoms with Crippen LogP contribution in [0.15, 0.2) is 23.4 Å². The van der Waals surface area contributed by atoms with E-state index in [0.29, 0.717) is 24.9 Å². The molecule has 4 N–H and O–H groups in total. The summed E-state index contributed by atoms with van der Waals surface area (Å²) in [6.07, 6.45) is 1.11. The van der Waals surface area contributed by atoms with Crippen LogP contribution in [0, 0.1) is 13.8 Å². The van der Waals surface area contributed by atoms with Gasteiger partial charge < -0.3 is 16.3 Å². The van der Waals surface area contributed by atoms with Crippen molar-refractivity contribution in [2.75, 3.05) is 6.54 Å². The number of carbonyl (C=O) groups excluding carboxylic acids is 1. The van der Waals surface area contributed by atoms with E-state index in [9.17, 15) is 4.79 Å². The summed E-state index contributed by atoms with van der Waals surface area (Å²) >= 11 is 0. The third-order valence-corrected chi connectivity index (χ3v) is 2.51. The van der Waals surface area contributed by atoms with Gasteiger partial charge in [0.1, 0.15) is 5.84 Å². The number of oxime groups is 1. The second kappa shape index (κ2) is 6.64. The molecule has 0 saturated carbocycles. The minimum atomic E-state index is -0.0960. The Bertz CT molecular complexity index is 435. The van der Waals surface area contributed by atoms with E-state index in [1.807, 2.05) is 32.0 Å². The van der Waals surface area contributed by atoms with Gasteiger partial charge in [-0.25, -0.2) is 0 Å². The highest BCUT2D eigenvalue weighted by Crippen LogP contribution is 2.08. The van der Waals surface area contributed by atoms with Crippen LogP contribution >= 0.6 is 0 Å². The third-order valence-electron chi connectivity index (χ3n) is 2.51. The van der Waals surface area contributed by atoms with Crippen LogP contribution in [0.3, 0.4) is 0 Å². The summed E-state index contributed by atoms with van der Waals surface area (Å²) < 4.78 is 0. The monoisotopic (exact) mass is 249 g/mol. The lowest BCUT2D eigenvalue weighted by atomic mass is 10.1. The SMILES string of the molecule is Cc1cc(C)cc(C(=O)NCCCC(N)=NO)c1. The predicted octanol–water partition coefficient (Wildman–Crippen LogP) is 1.56. The number of aryl methyl sites for hydroxylation is 2. The smallest absolute Gasteiger partial charge is 0.251 e. The van der Waals surface area contributed by atoms with Gasteiger partial charge in [-0.1, -0.05) is 22.3 Å². The van der Waals surface area contributed by atoms with Crippen molar-refractivity contribution in [1.82, 2.24) is 5.32 Å². The number of nitrogens with one attached hydrogen (secondary N) is 1. The van der Waals surface area contributed by atoms with Gasteiger partial charge in [0.2, 0.25) is 0 Å². The summed E-state index contributed by atoms with van der Waals surface area (Å²) in [6, 6.07) is 5.73. The fourth-order valence-electron chi connectivity index (χ4n) is 1.73. The van der Waals surface area contributed by atoms with E-state index in [1.54, 1.807) is 0 Å². The molecule has 18 heavy (non-hydrogen) atoms. The van der Waals surface area contributed by atoms with Gasteiger partial charge in [-0.05, 0) is 32.4 Å². The molecule has 0 radical (unpaired) electrons. The Morgan fingerprint density at radius 3 is 2.50 bits per heavy atom. The van der Waals surface area contributed by atoms with E-state index >= 15 is 0 Å². The number of nitrogens with zero attached hydrogens (tertiary/aromatic N) is 1. The van der Waals surface area contributed by atoms with Gasteiger partial charge in [0, 0.05) is 18.5 Å². The maximum Gasteiger partial charge on any atom is 0.251 e. The highest BCUT2D eigenvalue weighted by molar-refractivity contribution is 5.94. The number of amidine groups is 1. The zero-order chi connectivity index (χ0) is 13.5. The van der Waals surface area contributed by atoms with Crippen molar-refractivity contribution in [2.45, 2.75) is 26.7 Å². The summed E-state index contributed by atoms with van der Waals surface area (Å²) in [5, 5.41) is 14.0. The lowest BCUT2D eigenvalue weighted by molar-refractivity contribution is 0.0953. The van der Waals surface area contributed by atoms with Gasteiger partial charge in [0.25, 0.3) is 5.91 Å². The Balaban J connectivity index is 2.46. The standard InChI is InChI=1S/C13H19N3O2/c1-9-6-10(2)8-11(7-9)13(17)15-5-3-4-12(14)16-18/h6-8,18H,3-5H2,1-2H3,(H2,14,16)(H,15,17). The molecule has 1 aromatic rings. The first-order chi connectivity index (χ1) is 8.52. The van der Waals surface area contributed by atoms with E-state index < -0.39 is 0 Å². The summed E-state index contributed by atoms with van der Waals surface area (Å²) in [7, 11) is 0. The van der Waals surface area contributed by atoms with E-state index in [-0.39, 0.29) is 11.7 Å². The van der Waals surface area contributed by atoms with Crippen molar-refractivity contribution in [1.29, 1.82) is 0 Å². The molecule has 0 aliphatic heterocycles. The van der Waals surface area contributed by atoms with Gasteiger partial charge in [0.05, 0.1) is 0 Å². The predicted molar refractivity (Wildman–Crippen MR) is 70.9 cm³/mol. The normalized spacial score (nSPS) is 11.3. The van der Waals surface area contributed by atoms with Crippen LogP contribution in [-0.2, 0) is 0 Å². The number of rotatable bonds is 5. The van der Waals surface area contributed by atoms with Gasteiger partial charge in [-0.2, -0.15) is 0 Å². The average molecular weight is 249 g/mol. The Morgan fingerprint density at radius 2 is 1.94 bits per heavy atom. The summed E-state index contributed by atoms with van der Waals surface area (Å²) in [5.41, 5.74) is 8.12. The van der Waals surface area contributed by atoms with E-state index in [2.05, 4.69) is 10.5 Å². The zero-order valence-electron chi connectivity index (χ0n) is 10.7. The summed E-state index contributed by atoms with van der Waals surface area (Å²) in [4.78, 5) is 11.8. The van der Waals surface area contributed by atoms with Crippen molar-refractivity contribution >= 4 is 11.7 Å². The van der Waals surface area contributed by atoms with Crippen molar-refractivity contribution in [3.05, 3.63) is 34.9 Å². The Labute approximate surface area is 107 Å². The van der Waals surface area contributed by atoms with Crippen LogP contribution in [0.2, 0.25) is 0 Å². The first-order valence-corrected chi connectivity index (χ1v) is 5.86. The molecule has 0 aliphatic rings. The molecule has 1 amide bonds. The molecule has 0 atom stereocenters. The van der Waals surface area contributed by atoms with E-state index in [0.717, 1.165) is 11.1 Å². The lowest BCUT2D eigenvalue weighted by Crippen LogP contribution is -2.25. The fourth-order valence-corrected chi connectivity index (χ4v) is 1.73. The molecule has 0 unspecified atom stereocenters. The maximum absolute atomic E-state index is 11.8. The van der Waals surface area contributed by atoms with Crippen LogP contribution in [0.4, 0.5) is 0 Å². The zero-order valence-corrected chi connectivity index (χ0v) is 10.7. The van der Waals surface area contributed by atoms with Crippen LogP contribution in [0.1, 0.15) is 34.3 Å². The van der Waals surface area contributed by atoms with Crippen molar-refractivity contribution < 1.29 is 10.0 Å². The van der Waals surface area contributed by atoms with Crippen LogP contribution in [-0.4, -0.2) is 23.5 Å². The molecule has 0 aromatic heterocycles. The first-order valence-electron chi connectivity index (χ1n) is 5.86. The van der Waals surface area contributed by atoms with Crippen molar-refractivity contribution in [3.8, 4) is 0 Å². The van der Waals surface area contributed by atoms with Crippen LogP contribution in [0.5, 0.6) is 0 Å². The van der Waals surface area contributed by atoms with Gasteiger partial charge in [-0.3, -0.25) is 4.79 Å². The fraction of sp³-hybridized carbons (Fsp3) is 0.385. The number of amides is 1. The second-order valence-corrected chi connectivity index (χ2v) is 4.33. The number of hydrogen-bond donors (Lipinski definition) is 3. The molecule has 98 valence electrons. The molecule has 0 spiro atoms. The molecule has 5 heteroatoms. The maximum atomic E-state index is 11.8. The minimum absolute atomic E-state index is 0.0960. The number of nitrogens with two attached hydrogens (primary N) is 1. The van der Waals surface area contributed by atoms with Crippen molar-refractivity contribution in [2.24, 2.45) is 10.9 Å². The second-order valence-electron chi connectivity index (χ2n) is 4.33. The Hall–Kier alpha value is -2.04. The Kier molecular flexibility index (Phi) is 5.17. The molecule has 5 nitrogen and oxygen atoms in total. The molecule has 1 rings (SSSR count). The average Bonchev–Trinajstić information content (AvgIpc) is 2.32. The molecule has 0 bridgehead atoms. The van der Waals surface area contributed by atoms with E-state index in [1.165, 1.54) is 0 Å². The topological polar surface area (TPSA) is 87.7 Å². The molecule has 0 fully saturated rings. The summed E-state index contributed by atoms with van der Waals surface area (Å²) in [5.74, 6) is 0.0805. The Morgan fingerprint density at radius 1 is 1.33 bits per heavy atom. The minimum Gasteiger partial charge on any atom is -0.409 e. The molecule has 0 aliphatic carbocycles. The molecule has 0 heterocycles.